The van der Waals surface area contributed by atoms with Crippen molar-refractivity contribution < 1.29 is 9.53 Å². The van der Waals surface area contributed by atoms with Crippen LogP contribution in [0.5, 0.6) is 5.75 Å². The molecule has 0 saturated carbocycles. The molecule has 0 saturated heterocycles. The second-order valence-electron chi connectivity index (χ2n) is 6.80. The van der Waals surface area contributed by atoms with Gasteiger partial charge in [0.25, 0.3) is 5.91 Å². The highest BCUT2D eigenvalue weighted by Gasteiger charge is 2.16. The van der Waals surface area contributed by atoms with Crippen molar-refractivity contribution in [3.8, 4) is 5.75 Å². The van der Waals surface area contributed by atoms with Gasteiger partial charge in [-0.1, -0.05) is 71.7 Å². The van der Waals surface area contributed by atoms with E-state index in [1.807, 2.05) is 36.4 Å². The Labute approximate surface area is 184 Å². The topological polar surface area (TPSA) is 50.7 Å². The van der Waals surface area contributed by atoms with E-state index in [4.69, 9.17) is 27.9 Å². The summed E-state index contributed by atoms with van der Waals surface area (Å²) in [5, 5.41) is 9.36. The van der Waals surface area contributed by atoms with Crippen LogP contribution in [0.1, 0.15) is 12.5 Å². The third kappa shape index (κ3) is 4.25. The smallest absolute Gasteiger partial charge is 0.280 e. The second kappa shape index (κ2) is 8.74. The van der Waals surface area contributed by atoms with Crippen molar-refractivity contribution in [1.29, 1.82) is 0 Å². The molecular formula is C24H18Cl2N2O2. The van der Waals surface area contributed by atoms with Crippen LogP contribution in [0.25, 0.3) is 21.5 Å². The minimum Gasteiger partial charge on any atom is -0.479 e. The Hall–Kier alpha value is -3.08. The van der Waals surface area contributed by atoms with E-state index in [2.05, 4.69) is 28.7 Å². The van der Waals surface area contributed by atoms with E-state index < -0.39 is 6.10 Å². The molecule has 150 valence electrons. The molecule has 4 aromatic carbocycles. The minimum atomic E-state index is -0.787. The summed E-state index contributed by atoms with van der Waals surface area (Å²) in [4.78, 5) is 12.4. The molecule has 1 unspecified atom stereocenters. The summed E-state index contributed by atoms with van der Waals surface area (Å²) in [6.45, 7) is 1.63. The van der Waals surface area contributed by atoms with Crippen LogP contribution in [0.3, 0.4) is 0 Å². The third-order valence-electron chi connectivity index (χ3n) is 4.75. The fourth-order valence-electron chi connectivity index (χ4n) is 3.25. The van der Waals surface area contributed by atoms with E-state index in [9.17, 15) is 4.79 Å². The van der Waals surface area contributed by atoms with E-state index in [0.29, 0.717) is 15.8 Å². The lowest BCUT2D eigenvalue weighted by molar-refractivity contribution is -0.127. The number of benzene rings is 4. The number of hydrogen-bond acceptors (Lipinski definition) is 3. The molecule has 0 aliphatic rings. The minimum absolute atomic E-state index is 0.341. The van der Waals surface area contributed by atoms with Crippen molar-refractivity contribution in [2.45, 2.75) is 13.0 Å². The van der Waals surface area contributed by atoms with Gasteiger partial charge in [-0.25, -0.2) is 5.43 Å². The maximum absolute atomic E-state index is 12.4. The summed E-state index contributed by atoms with van der Waals surface area (Å²) in [5.41, 5.74) is 3.49. The molecule has 0 bridgehead atoms. The monoisotopic (exact) mass is 436 g/mol. The summed E-state index contributed by atoms with van der Waals surface area (Å²) in [7, 11) is 0. The van der Waals surface area contributed by atoms with E-state index in [1.54, 1.807) is 31.3 Å². The number of carbonyl (C=O) groups is 1. The first-order chi connectivity index (χ1) is 14.5. The Balaban J connectivity index is 1.55. The highest BCUT2D eigenvalue weighted by Crippen LogP contribution is 2.29. The lowest BCUT2D eigenvalue weighted by Crippen LogP contribution is -2.33. The van der Waals surface area contributed by atoms with Crippen molar-refractivity contribution in [1.82, 2.24) is 5.43 Å². The van der Waals surface area contributed by atoms with Crippen LogP contribution in [0.4, 0.5) is 0 Å². The van der Waals surface area contributed by atoms with Gasteiger partial charge in [0.05, 0.1) is 11.2 Å². The molecule has 0 aromatic heterocycles. The van der Waals surface area contributed by atoms with Crippen molar-refractivity contribution >= 4 is 56.9 Å². The van der Waals surface area contributed by atoms with E-state index in [0.717, 1.165) is 27.1 Å². The van der Waals surface area contributed by atoms with Gasteiger partial charge < -0.3 is 4.74 Å². The summed E-state index contributed by atoms with van der Waals surface area (Å²) < 4.78 is 5.63. The molecule has 0 aliphatic carbocycles. The lowest BCUT2D eigenvalue weighted by atomic mass is 9.97. The molecule has 30 heavy (non-hydrogen) atoms. The predicted molar refractivity (Wildman–Crippen MR) is 124 cm³/mol. The van der Waals surface area contributed by atoms with Gasteiger partial charge in [-0.05, 0) is 52.7 Å². The fraction of sp³-hybridized carbons (Fsp3) is 0.0833. The molecule has 6 heteroatoms. The maximum Gasteiger partial charge on any atom is 0.280 e. The van der Waals surface area contributed by atoms with Crippen LogP contribution in [0.2, 0.25) is 10.0 Å². The Kier molecular flexibility index (Phi) is 5.88. The van der Waals surface area contributed by atoms with Crippen LogP contribution >= 0.6 is 23.2 Å². The third-order valence-corrected chi connectivity index (χ3v) is 5.28. The van der Waals surface area contributed by atoms with Crippen molar-refractivity contribution in [3.05, 3.63) is 88.4 Å². The molecule has 0 radical (unpaired) electrons. The quantitative estimate of drug-likeness (QED) is 0.229. The Morgan fingerprint density at radius 3 is 2.23 bits per heavy atom. The van der Waals surface area contributed by atoms with Crippen molar-refractivity contribution in [2.24, 2.45) is 5.10 Å². The number of amides is 1. The number of ether oxygens (including phenoxy) is 1. The summed E-state index contributed by atoms with van der Waals surface area (Å²) in [5.74, 6) is -0.00504. The molecule has 1 atom stereocenters. The number of hydrazone groups is 1. The summed E-state index contributed by atoms with van der Waals surface area (Å²) in [6.07, 6.45) is 0.884. The van der Waals surface area contributed by atoms with Crippen LogP contribution in [-0.4, -0.2) is 18.2 Å². The normalized spacial score (nSPS) is 12.4. The zero-order chi connectivity index (χ0) is 21.1. The van der Waals surface area contributed by atoms with Crippen molar-refractivity contribution in [2.75, 3.05) is 0 Å². The highest BCUT2D eigenvalue weighted by molar-refractivity contribution is 6.35. The zero-order valence-electron chi connectivity index (χ0n) is 16.1. The molecule has 0 spiro atoms. The fourth-order valence-corrected chi connectivity index (χ4v) is 3.71. The number of rotatable bonds is 5. The largest absolute Gasteiger partial charge is 0.479 e. The molecule has 0 heterocycles. The van der Waals surface area contributed by atoms with Crippen LogP contribution in [0, 0.1) is 0 Å². The Bertz CT molecular complexity index is 1220. The average molecular weight is 437 g/mol. The van der Waals surface area contributed by atoms with Gasteiger partial charge in [-0.2, -0.15) is 5.10 Å². The van der Waals surface area contributed by atoms with Crippen LogP contribution in [-0.2, 0) is 4.79 Å². The summed E-state index contributed by atoms with van der Waals surface area (Å²) in [6, 6.07) is 23.2. The first-order valence-corrected chi connectivity index (χ1v) is 10.1. The molecule has 0 aliphatic heterocycles. The van der Waals surface area contributed by atoms with Gasteiger partial charge in [0.2, 0.25) is 0 Å². The first-order valence-electron chi connectivity index (χ1n) is 9.38. The number of nitrogens with zero attached hydrogens (tertiary/aromatic N) is 1. The van der Waals surface area contributed by atoms with Gasteiger partial charge in [0.1, 0.15) is 5.75 Å². The number of fused-ring (bicyclic) bond motifs is 2. The summed E-state index contributed by atoms with van der Waals surface area (Å²) >= 11 is 12.0. The van der Waals surface area contributed by atoms with Gasteiger partial charge in [-0.15, -0.1) is 0 Å². The lowest BCUT2D eigenvalue weighted by Gasteiger charge is -2.14. The predicted octanol–water partition coefficient (Wildman–Crippen LogP) is 6.22. The number of hydrogen-bond donors (Lipinski definition) is 1. The molecule has 1 N–H and O–H groups in total. The van der Waals surface area contributed by atoms with Crippen LogP contribution in [0.15, 0.2) is 77.9 Å². The molecule has 4 aromatic rings. The number of carbonyl (C=O) groups excluding carboxylic acids is 1. The van der Waals surface area contributed by atoms with E-state index >= 15 is 0 Å². The van der Waals surface area contributed by atoms with Gasteiger partial charge in [0.15, 0.2) is 6.10 Å². The highest BCUT2D eigenvalue weighted by atomic mass is 35.5. The van der Waals surface area contributed by atoms with Crippen molar-refractivity contribution in [3.63, 3.8) is 0 Å². The average Bonchev–Trinajstić information content (AvgIpc) is 2.75. The Morgan fingerprint density at radius 1 is 0.967 bits per heavy atom. The van der Waals surface area contributed by atoms with E-state index in [1.165, 1.54) is 0 Å². The van der Waals surface area contributed by atoms with Gasteiger partial charge in [0, 0.05) is 10.6 Å². The van der Waals surface area contributed by atoms with Gasteiger partial charge in [-0.3, -0.25) is 4.79 Å². The molecular weight excluding hydrogens is 419 g/mol. The number of halogens is 2. The molecule has 1 amide bonds. The van der Waals surface area contributed by atoms with E-state index in [-0.39, 0.29) is 5.91 Å². The second-order valence-corrected chi connectivity index (χ2v) is 7.65. The molecule has 4 rings (SSSR count). The molecule has 4 nitrogen and oxygen atoms in total. The maximum atomic E-state index is 12.4. The zero-order valence-corrected chi connectivity index (χ0v) is 17.6. The van der Waals surface area contributed by atoms with Gasteiger partial charge >= 0.3 is 0 Å². The molecule has 0 fully saturated rings. The number of nitrogens with one attached hydrogen (secondary N) is 1. The SMILES string of the molecule is CC(Oc1ccc(Cl)cc1Cl)C(=O)N/N=C\c1c2ccccc2cc2ccccc12. The van der Waals surface area contributed by atoms with Crippen LogP contribution < -0.4 is 10.2 Å². The standard InChI is InChI=1S/C24H18Cl2N2O2/c1-15(30-23-11-10-18(25)13-22(23)26)24(29)28-27-14-21-19-8-4-2-6-16(19)12-17-7-3-5-9-20(17)21/h2-15H,1H3,(H,28,29)/b27-14-. The first kappa shape index (κ1) is 20.2. The Morgan fingerprint density at radius 2 is 1.60 bits per heavy atom.